The number of phenols is 7. The monoisotopic (exact) mass is 1180 g/mol. The summed E-state index contributed by atoms with van der Waals surface area (Å²) in [4.78, 5) is 0. The van der Waals surface area contributed by atoms with E-state index in [1.54, 1.807) is 84.9 Å². The first-order chi connectivity index (χ1) is 42.1. The summed E-state index contributed by atoms with van der Waals surface area (Å²) in [6, 6.07) is 75.6. The van der Waals surface area contributed by atoms with E-state index in [9.17, 15) is 25.5 Å². The van der Waals surface area contributed by atoms with Crippen LogP contribution in [0.3, 0.4) is 0 Å². The van der Waals surface area contributed by atoms with Crippen molar-refractivity contribution >= 4 is 0 Å². The molecule has 0 bridgehead atoms. The molecule has 2 aliphatic rings. The Morgan fingerprint density at radius 3 is 0.659 bits per heavy atom. The maximum absolute atomic E-state index is 9.80. The highest BCUT2D eigenvalue weighted by Crippen LogP contribution is 2.42. The van der Waals surface area contributed by atoms with Gasteiger partial charge in [0.25, 0.3) is 0 Å². The van der Waals surface area contributed by atoms with Gasteiger partial charge in [0.15, 0.2) is 0 Å². The zero-order valence-electron chi connectivity index (χ0n) is 50.8. The maximum Gasteiger partial charge on any atom is 0.119 e. The number of phenolic OH excluding ortho intramolecular Hbond substituents is 7. The minimum atomic E-state index is -0.470. The fourth-order valence-electron chi connectivity index (χ4n) is 10.4. The zero-order valence-corrected chi connectivity index (χ0v) is 50.8. The molecule has 11 heteroatoms. The summed E-state index contributed by atoms with van der Waals surface area (Å²) < 4.78 is 21.8. The Kier molecular flexibility index (Phi) is 19.5. The van der Waals surface area contributed by atoms with Crippen molar-refractivity contribution in [2.45, 2.75) is 82.3 Å². The molecular formula is C77H78O11. The smallest absolute Gasteiger partial charge is 0.119 e. The Hall–Kier alpha value is -9.68. The molecule has 10 aromatic rings. The summed E-state index contributed by atoms with van der Waals surface area (Å²) in [7, 11) is 0. The van der Waals surface area contributed by atoms with Gasteiger partial charge < -0.3 is 54.7 Å². The van der Waals surface area contributed by atoms with Crippen molar-refractivity contribution in [1.29, 1.82) is 0 Å². The molecule has 2 fully saturated rings. The molecule has 452 valence electrons. The van der Waals surface area contributed by atoms with Crippen LogP contribution >= 0.6 is 0 Å². The van der Waals surface area contributed by atoms with Gasteiger partial charge in [0.1, 0.15) is 77.2 Å². The molecule has 2 saturated heterocycles. The quantitative estimate of drug-likeness (QED) is 0.0361. The topological polar surface area (TPSA) is 185 Å². The Balaban J connectivity index is 0.000000146. The van der Waals surface area contributed by atoms with Gasteiger partial charge in [-0.3, -0.25) is 0 Å². The Morgan fingerprint density at radius 2 is 0.443 bits per heavy atom. The summed E-state index contributed by atoms with van der Waals surface area (Å²) in [5.41, 5.74) is 11.4. The van der Waals surface area contributed by atoms with E-state index in [1.807, 2.05) is 109 Å². The van der Waals surface area contributed by atoms with E-state index in [2.05, 4.69) is 97.0 Å². The molecule has 7 N–H and O–H groups in total. The van der Waals surface area contributed by atoms with Crippen LogP contribution in [0, 0.1) is 0 Å². The minimum absolute atomic E-state index is 0.0870. The summed E-state index contributed by atoms with van der Waals surface area (Å²) in [6.07, 6.45) is 0.562. The van der Waals surface area contributed by atoms with Crippen LogP contribution in [-0.2, 0) is 31.1 Å². The lowest BCUT2D eigenvalue weighted by Gasteiger charge is -2.33. The third kappa shape index (κ3) is 16.0. The average molecular weight is 1180 g/mol. The first-order valence-electron chi connectivity index (χ1n) is 29.4. The van der Waals surface area contributed by atoms with Crippen LogP contribution in [0.15, 0.2) is 243 Å². The van der Waals surface area contributed by atoms with Crippen LogP contribution in [-0.4, -0.2) is 74.4 Å². The predicted molar refractivity (Wildman–Crippen MR) is 347 cm³/mol. The molecule has 0 amide bonds. The highest BCUT2D eigenvalue weighted by Gasteiger charge is 2.33. The molecular weight excluding hydrogens is 1100 g/mol. The molecule has 12 rings (SSSR count). The maximum atomic E-state index is 9.80. The molecule has 2 atom stereocenters. The first-order valence-corrected chi connectivity index (χ1v) is 29.4. The SMILES string of the molecule is CC(C)(c1ccc(O)cc1)c1ccc(C(C)(c2ccc(O)cc2)c2ccc(O)cc2)cc1.CC(C)(c1ccc(O)cc1)c1ccc(O)cc1.CC(C)(c1ccc(OCC2CO2)cc1)c1ccc(OCC2CO2)cc1.Oc1ccc(-c2ccc(O)cc2)cc1. The van der Waals surface area contributed by atoms with Crippen LogP contribution in [0.4, 0.5) is 0 Å². The number of aromatic hydroxyl groups is 7. The predicted octanol–water partition coefficient (Wildman–Crippen LogP) is 16.2. The fraction of sp³-hybridized carbons (Fsp3) is 0.221. The lowest BCUT2D eigenvalue weighted by Crippen LogP contribution is -2.26. The number of epoxide rings is 2. The number of hydrogen-bond donors (Lipinski definition) is 7. The van der Waals surface area contributed by atoms with Gasteiger partial charge in [0.05, 0.1) is 13.2 Å². The van der Waals surface area contributed by atoms with Crippen molar-refractivity contribution in [3.05, 3.63) is 293 Å². The lowest BCUT2D eigenvalue weighted by molar-refractivity contribution is 0.263. The third-order valence-electron chi connectivity index (χ3n) is 16.7. The van der Waals surface area contributed by atoms with E-state index in [-0.39, 0.29) is 68.7 Å². The second kappa shape index (κ2) is 27.4. The Bertz CT molecular complexity index is 3580. The van der Waals surface area contributed by atoms with Crippen LogP contribution in [0.5, 0.6) is 51.7 Å². The van der Waals surface area contributed by atoms with E-state index in [0.29, 0.717) is 13.2 Å². The second-order valence-electron chi connectivity index (χ2n) is 24.0. The molecule has 0 spiro atoms. The van der Waals surface area contributed by atoms with Gasteiger partial charge in [-0.2, -0.15) is 0 Å². The normalized spacial score (nSPS) is 14.3. The third-order valence-corrected chi connectivity index (χ3v) is 16.7. The van der Waals surface area contributed by atoms with Crippen molar-refractivity contribution in [2.24, 2.45) is 0 Å². The van der Waals surface area contributed by atoms with Gasteiger partial charge >= 0.3 is 0 Å². The van der Waals surface area contributed by atoms with Gasteiger partial charge in [-0.1, -0.05) is 175 Å². The van der Waals surface area contributed by atoms with Gasteiger partial charge in [0, 0.05) is 21.7 Å². The van der Waals surface area contributed by atoms with Gasteiger partial charge in [0.2, 0.25) is 0 Å². The second-order valence-corrected chi connectivity index (χ2v) is 24.0. The molecule has 0 saturated carbocycles. The van der Waals surface area contributed by atoms with E-state index < -0.39 is 5.41 Å². The summed E-state index contributed by atoms with van der Waals surface area (Å²) in [5.74, 6) is 3.56. The molecule has 2 aliphatic heterocycles. The largest absolute Gasteiger partial charge is 0.508 e. The number of hydrogen-bond acceptors (Lipinski definition) is 11. The van der Waals surface area contributed by atoms with Crippen molar-refractivity contribution in [3.8, 4) is 62.9 Å². The Labute approximate surface area is 516 Å². The van der Waals surface area contributed by atoms with Gasteiger partial charge in [-0.25, -0.2) is 0 Å². The molecule has 0 aromatic heterocycles. The molecule has 2 heterocycles. The molecule has 11 nitrogen and oxygen atoms in total. The van der Waals surface area contributed by atoms with Gasteiger partial charge in [-0.05, 0) is 177 Å². The van der Waals surface area contributed by atoms with Crippen LogP contribution in [0.1, 0.15) is 98.5 Å². The zero-order chi connectivity index (χ0) is 62.6. The van der Waals surface area contributed by atoms with E-state index >= 15 is 0 Å². The van der Waals surface area contributed by atoms with Crippen molar-refractivity contribution in [1.82, 2.24) is 0 Å². The van der Waals surface area contributed by atoms with Crippen LogP contribution in [0.2, 0.25) is 0 Å². The van der Waals surface area contributed by atoms with E-state index in [1.165, 1.54) is 16.7 Å². The minimum Gasteiger partial charge on any atom is -0.508 e. The van der Waals surface area contributed by atoms with Crippen molar-refractivity contribution < 1.29 is 54.7 Å². The Morgan fingerprint density at radius 1 is 0.273 bits per heavy atom. The molecule has 0 radical (unpaired) electrons. The first kappa shape index (κ1) is 62.8. The lowest BCUT2D eigenvalue weighted by atomic mass is 9.70. The number of ether oxygens (including phenoxy) is 4. The molecule has 2 unspecified atom stereocenters. The highest BCUT2D eigenvalue weighted by molar-refractivity contribution is 5.65. The van der Waals surface area contributed by atoms with Crippen LogP contribution < -0.4 is 9.47 Å². The van der Waals surface area contributed by atoms with E-state index in [0.717, 1.165) is 69.2 Å². The standard InChI is InChI=1S/C29H28O3.C21H24O4.C15H16O2.C12H10O2/c1-28(2,21-8-14-25(30)15-9-21)20-4-6-22(7-5-20)29(3,23-10-16-26(31)17-11-23)24-12-18-27(32)19-13-24;1-21(2,15-3-7-17(8-4-15)22-11-19-13-24-19)16-5-9-18(10-6-16)23-12-20-14-25-20;1-15(2,11-3-7-13(16)8-4-11)12-5-9-14(17)10-6-12;13-11-5-1-9(2-6-11)10-3-7-12(14)8-4-10/h4-19,30-32H,1-3H3;3-10,19-20H,11-14H2,1-2H3;3-10,16-17H,1-2H3;1-8,13-14H. The molecule has 88 heavy (non-hydrogen) atoms. The van der Waals surface area contributed by atoms with Crippen LogP contribution in [0.25, 0.3) is 11.1 Å². The summed E-state index contributed by atoms with van der Waals surface area (Å²) in [5, 5.41) is 66.1. The number of rotatable bonds is 16. The van der Waals surface area contributed by atoms with Crippen molar-refractivity contribution in [3.63, 3.8) is 0 Å². The van der Waals surface area contributed by atoms with Gasteiger partial charge in [-0.15, -0.1) is 0 Å². The fourth-order valence-corrected chi connectivity index (χ4v) is 10.4. The number of benzene rings is 10. The van der Waals surface area contributed by atoms with Crippen molar-refractivity contribution in [2.75, 3.05) is 26.4 Å². The molecule has 0 aliphatic carbocycles. The van der Waals surface area contributed by atoms with E-state index in [4.69, 9.17) is 29.2 Å². The highest BCUT2D eigenvalue weighted by atomic mass is 16.6. The molecule has 10 aromatic carbocycles. The summed E-state index contributed by atoms with van der Waals surface area (Å²) in [6.45, 7) is 18.1. The average Bonchev–Trinajstić information content (AvgIpc) is 3.18. The summed E-state index contributed by atoms with van der Waals surface area (Å²) >= 11 is 0.